The summed E-state index contributed by atoms with van der Waals surface area (Å²) in [5.41, 5.74) is 4.10. The van der Waals surface area contributed by atoms with Crippen molar-refractivity contribution in [1.29, 1.82) is 0 Å². The molecule has 0 saturated heterocycles. The van der Waals surface area contributed by atoms with Crippen LogP contribution in [0.5, 0.6) is 0 Å². The van der Waals surface area contributed by atoms with E-state index in [2.05, 4.69) is 10.6 Å². The molecular formula is C20H24N4O6. The third-order valence-corrected chi connectivity index (χ3v) is 4.44. The van der Waals surface area contributed by atoms with Crippen LogP contribution in [0.3, 0.4) is 0 Å². The lowest BCUT2D eigenvalue weighted by molar-refractivity contribution is -0.385. The Kier molecular flexibility index (Phi) is 8.15. The van der Waals surface area contributed by atoms with E-state index in [0.717, 1.165) is 16.7 Å². The smallest absolute Gasteiger partial charge is 0.272 e. The van der Waals surface area contributed by atoms with E-state index in [1.54, 1.807) is 26.8 Å². The molecule has 0 heterocycles. The molecule has 160 valence electrons. The second kappa shape index (κ2) is 10.1. The Hall–Kier alpha value is -3.82. The minimum atomic E-state index is -0.474. The quantitative estimate of drug-likeness (QED) is 0.560. The Morgan fingerprint density at radius 2 is 1.30 bits per heavy atom. The first kappa shape index (κ1) is 24.2. The molecule has 0 spiro atoms. The number of nitro groups is 2. The number of hydrogen-bond donors (Lipinski definition) is 2. The maximum absolute atomic E-state index is 10.9. The average Bonchev–Trinajstić information content (AvgIpc) is 2.62. The van der Waals surface area contributed by atoms with E-state index in [0.29, 0.717) is 16.9 Å². The zero-order valence-corrected chi connectivity index (χ0v) is 17.7. The molecule has 0 unspecified atom stereocenters. The number of nitrogens with zero attached hydrogens (tertiary/aromatic N) is 2. The molecule has 10 nitrogen and oxygen atoms in total. The van der Waals surface area contributed by atoms with Crippen molar-refractivity contribution in [3.63, 3.8) is 0 Å². The Bertz CT molecular complexity index is 1020. The van der Waals surface area contributed by atoms with Crippen LogP contribution in [0.4, 0.5) is 22.7 Å². The summed E-state index contributed by atoms with van der Waals surface area (Å²) in [6, 6.07) is 5.79. The molecule has 2 rings (SSSR count). The minimum absolute atomic E-state index is 0.0122. The Labute approximate surface area is 173 Å². The molecule has 2 aromatic rings. The summed E-state index contributed by atoms with van der Waals surface area (Å²) in [4.78, 5) is 42.0. The predicted molar refractivity (Wildman–Crippen MR) is 114 cm³/mol. The highest BCUT2D eigenvalue weighted by Gasteiger charge is 2.15. The van der Waals surface area contributed by atoms with Crippen LogP contribution in [0.2, 0.25) is 0 Å². The van der Waals surface area contributed by atoms with Crippen LogP contribution in [-0.4, -0.2) is 21.7 Å². The summed E-state index contributed by atoms with van der Waals surface area (Å²) in [7, 11) is 0. The van der Waals surface area contributed by atoms with E-state index in [9.17, 15) is 29.8 Å². The summed E-state index contributed by atoms with van der Waals surface area (Å²) in [6.07, 6.45) is 0. The van der Waals surface area contributed by atoms with Crippen molar-refractivity contribution in [3.8, 4) is 0 Å². The van der Waals surface area contributed by atoms with Crippen molar-refractivity contribution in [1.82, 2.24) is 0 Å². The number of carbonyl (C=O) groups excluding carboxylic acids is 2. The summed E-state index contributed by atoms with van der Waals surface area (Å²) in [5.74, 6) is -0.427. The fraction of sp³-hybridized carbons (Fsp3) is 0.300. The van der Waals surface area contributed by atoms with Crippen LogP contribution in [0.25, 0.3) is 0 Å². The molecule has 0 atom stereocenters. The number of amides is 2. The van der Waals surface area contributed by atoms with E-state index < -0.39 is 9.85 Å². The number of nitro benzene ring substituents is 2. The molecule has 2 aromatic carbocycles. The molecule has 0 saturated carbocycles. The predicted octanol–water partition coefficient (Wildman–Crippen LogP) is 4.34. The number of anilines is 2. The third-order valence-electron chi connectivity index (χ3n) is 4.44. The topological polar surface area (TPSA) is 144 Å². The maximum atomic E-state index is 10.9. The van der Waals surface area contributed by atoms with Crippen molar-refractivity contribution >= 4 is 34.6 Å². The highest BCUT2D eigenvalue weighted by molar-refractivity contribution is 5.90. The number of benzene rings is 2. The van der Waals surface area contributed by atoms with Gasteiger partial charge in [0, 0.05) is 43.3 Å². The van der Waals surface area contributed by atoms with Gasteiger partial charge in [0.05, 0.1) is 15.5 Å². The second-order valence-electron chi connectivity index (χ2n) is 6.69. The number of hydrogen-bond acceptors (Lipinski definition) is 6. The van der Waals surface area contributed by atoms with Crippen LogP contribution >= 0.6 is 0 Å². The molecule has 2 N–H and O–H groups in total. The van der Waals surface area contributed by atoms with Gasteiger partial charge in [-0.05, 0) is 50.5 Å². The minimum Gasteiger partial charge on any atom is -0.326 e. The highest BCUT2D eigenvalue weighted by Crippen LogP contribution is 2.27. The molecule has 30 heavy (non-hydrogen) atoms. The molecule has 0 aliphatic rings. The van der Waals surface area contributed by atoms with Gasteiger partial charge in [0.15, 0.2) is 0 Å². The summed E-state index contributed by atoms with van der Waals surface area (Å²) < 4.78 is 0. The SMILES string of the molecule is CC(=O)Nc1cc([N+](=O)[O-])cc(C)c1C.CC(=O)Nc1ccc([N+](=O)[O-])c(C)c1C. The van der Waals surface area contributed by atoms with Crippen molar-refractivity contribution in [2.24, 2.45) is 0 Å². The van der Waals surface area contributed by atoms with Gasteiger partial charge >= 0.3 is 0 Å². The van der Waals surface area contributed by atoms with E-state index >= 15 is 0 Å². The van der Waals surface area contributed by atoms with Crippen LogP contribution < -0.4 is 10.6 Å². The van der Waals surface area contributed by atoms with Gasteiger partial charge in [-0.3, -0.25) is 29.8 Å². The maximum Gasteiger partial charge on any atom is 0.272 e. The summed E-state index contributed by atoms with van der Waals surface area (Å²) in [6.45, 7) is 9.76. The van der Waals surface area contributed by atoms with Crippen LogP contribution in [-0.2, 0) is 9.59 Å². The summed E-state index contributed by atoms with van der Waals surface area (Å²) in [5, 5.41) is 26.4. The first-order valence-electron chi connectivity index (χ1n) is 8.90. The van der Waals surface area contributed by atoms with Gasteiger partial charge in [0.25, 0.3) is 11.4 Å². The van der Waals surface area contributed by atoms with Crippen molar-refractivity contribution in [2.75, 3.05) is 10.6 Å². The van der Waals surface area contributed by atoms with E-state index in [1.165, 1.54) is 32.0 Å². The lowest BCUT2D eigenvalue weighted by Gasteiger charge is -2.08. The largest absolute Gasteiger partial charge is 0.326 e. The zero-order chi connectivity index (χ0) is 23.2. The lowest BCUT2D eigenvalue weighted by atomic mass is 10.1. The van der Waals surface area contributed by atoms with Crippen LogP contribution in [0, 0.1) is 47.9 Å². The number of nitrogens with one attached hydrogen (secondary N) is 2. The van der Waals surface area contributed by atoms with Gasteiger partial charge in [-0.1, -0.05) is 0 Å². The molecule has 0 aromatic heterocycles. The molecular weight excluding hydrogens is 392 g/mol. The molecule has 2 amide bonds. The van der Waals surface area contributed by atoms with E-state index in [1.807, 2.05) is 6.92 Å². The monoisotopic (exact) mass is 416 g/mol. The van der Waals surface area contributed by atoms with Gasteiger partial charge in [0.2, 0.25) is 11.8 Å². The molecule has 10 heteroatoms. The fourth-order valence-corrected chi connectivity index (χ4v) is 2.59. The average molecular weight is 416 g/mol. The molecule has 0 radical (unpaired) electrons. The number of rotatable bonds is 4. The van der Waals surface area contributed by atoms with Crippen LogP contribution in [0.15, 0.2) is 24.3 Å². The third kappa shape index (κ3) is 6.36. The van der Waals surface area contributed by atoms with Crippen molar-refractivity contribution in [2.45, 2.75) is 41.5 Å². The molecule has 0 aliphatic carbocycles. The van der Waals surface area contributed by atoms with E-state index in [-0.39, 0.29) is 23.2 Å². The van der Waals surface area contributed by atoms with E-state index in [4.69, 9.17) is 0 Å². The molecule has 0 aliphatic heterocycles. The summed E-state index contributed by atoms with van der Waals surface area (Å²) >= 11 is 0. The van der Waals surface area contributed by atoms with Gasteiger partial charge in [-0.25, -0.2) is 0 Å². The Morgan fingerprint density at radius 1 is 0.767 bits per heavy atom. The number of carbonyl (C=O) groups is 2. The lowest BCUT2D eigenvalue weighted by Crippen LogP contribution is -2.08. The Morgan fingerprint density at radius 3 is 1.77 bits per heavy atom. The van der Waals surface area contributed by atoms with Crippen LogP contribution in [0.1, 0.15) is 36.1 Å². The van der Waals surface area contributed by atoms with Gasteiger partial charge in [0.1, 0.15) is 0 Å². The molecule has 0 bridgehead atoms. The first-order valence-corrected chi connectivity index (χ1v) is 8.90. The normalized spacial score (nSPS) is 9.80. The number of aryl methyl sites for hydroxylation is 1. The second-order valence-corrected chi connectivity index (χ2v) is 6.69. The Balaban J connectivity index is 0.000000300. The van der Waals surface area contributed by atoms with Gasteiger partial charge in [-0.15, -0.1) is 0 Å². The van der Waals surface area contributed by atoms with Gasteiger partial charge < -0.3 is 10.6 Å². The first-order chi connectivity index (χ1) is 13.8. The standard InChI is InChI=1S/2C10H12N2O3/c1-6-4-9(12(14)15)5-10(7(6)2)11-8(3)13;1-6-7(2)10(12(14)15)5-4-9(6)11-8(3)13/h2*4-5H,1-3H3,(H,11,13). The van der Waals surface area contributed by atoms with Crippen molar-refractivity contribution < 1.29 is 19.4 Å². The molecule has 0 fully saturated rings. The zero-order valence-electron chi connectivity index (χ0n) is 17.7. The number of non-ortho nitro benzene ring substituents is 1. The highest BCUT2D eigenvalue weighted by atomic mass is 16.6. The fourth-order valence-electron chi connectivity index (χ4n) is 2.59. The van der Waals surface area contributed by atoms with Gasteiger partial charge in [-0.2, -0.15) is 0 Å². The van der Waals surface area contributed by atoms with Crippen molar-refractivity contribution in [3.05, 3.63) is 66.7 Å².